The zero-order valence-corrected chi connectivity index (χ0v) is 17.3. The summed E-state index contributed by atoms with van der Waals surface area (Å²) >= 11 is 1.91. The van der Waals surface area contributed by atoms with Gasteiger partial charge in [0.15, 0.2) is 0 Å². The lowest BCUT2D eigenvalue weighted by Gasteiger charge is -2.27. The Labute approximate surface area is 171 Å². The molecule has 0 fully saturated rings. The summed E-state index contributed by atoms with van der Waals surface area (Å²) in [5.41, 5.74) is 5.59. The van der Waals surface area contributed by atoms with Crippen LogP contribution in [0.2, 0.25) is 0 Å². The standard InChI is InChI=1S/C26H26OS/c1-4-5-6-7-10-19-14-13-18(2)23-17-20(27-3)15-16-21(23)26-25(19)22-11-8-9-12-24(22)28-26/h4-12,14-16,18,20H,1,13,17H2,2-3H3/b6-5-,10-7+,19-14+. The van der Waals surface area contributed by atoms with Crippen LogP contribution in [0, 0.1) is 5.92 Å². The predicted molar refractivity (Wildman–Crippen MR) is 124 cm³/mol. The summed E-state index contributed by atoms with van der Waals surface area (Å²) in [4.78, 5) is 1.39. The summed E-state index contributed by atoms with van der Waals surface area (Å²) in [5.74, 6) is 0.503. The number of hydrogen-bond acceptors (Lipinski definition) is 2. The molecule has 1 aromatic carbocycles. The zero-order chi connectivity index (χ0) is 19.5. The van der Waals surface area contributed by atoms with E-state index < -0.39 is 0 Å². The van der Waals surface area contributed by atoms with E-state index in [1.807, 2.05) is 23.5 Å². The molecule has 0 N–H and O–H groups in total. The van der Waals surface area contributed by atoms with Crippen LogP contribution in [0.25, 0.3) is 21.2 Å². The number of hydrogen-bond donors (Lipinski definition) is 0. The molecule has 2 aliphatic carbocycles. The molecule has 2 aliphatic rings. The normalized spacial score (nSPS) is 24.1. The van der Waals surface area contributed by atoms with Crippen molar-refractivity contribution in [2.75, 3.05) is 7.11 Å². The molecule has 1 aromatic heterocycles. The highest BCUT2D eigenvalue weighted by molar-refractivity contribution is 7.20. The lowest BCUT2D eigenvalue weighted by Crippen LogP contribution is -2.17. The predicted octanol–water partition coefficient (Wildman–Crippen LogP) is 7.35. The van der Waals surface area contributed by atoms with Crippen LogP contribution in [0.15, 0.2) is 85.0 Å². The van der Waals surface area contributed by atoms with Gasteiger partial charge in [-0.05, 0) is 36.0 Å². The molecule has 1 nitrogen and oxygen atoms in total. The molecule has 0 saturated heterocycles. The van der Waals surface area contributed by atoms with Crippen molar-refractivity contribution in [3.8, 4) is 0 Å². The maximum Gasteiger partial charge on any atom is 0.0792 e. The highest BCUT2D eigenvalue weighted by Crippen LogP contribution is 2.46. The first-order valence-corrected chi connectivity index (χ1v) is 10.7. The Hall–Kier alpha value is -2.42. The van der Waals surface area contributed by atoms with Crippen LogP contribution < -0.4 is 0 Å². The molecule has 0 spiro atoms. The third kappa shape index (κ3) is 3.50. The van der Waals surface area contributed by atoms with Crippen LogP contribution in [0.4, 0.5) is 0 Å². The van der Waals surface area contributed by atoms with Crippen LogP contribution in [-0.2, 0) is 4.74 Å². The van der Waals surface area contributed by atoms with E-state index in [4.69, 9.17) is 4.74 Å². The van der Waals surface area contributed by atoms with Crippen molar-refractivity contribution >= 4 is 32.6 Å². The number of methoxy groups -OCH3 is 1. The van der Waals surface area contributed by atoms with Crippen molar-refractivity contribution in [2.24, 2.45) is 5.92 Å². The third-order valence-electron chi connectivity index (χ3n) is 5.60. The number of rotatable bonds is 4. The Morgan fingerprint density at radius 1 is 1.18 bits per heavy atom. The van der Waals surface area contributed by atoms with Gasteiger partial charge >= 0.3 is 0 Å². The molecule has 0 amide bonds. The molecule has 0 radical (unpaired) electrons. The minimum absolute atomic E-state index is 0.186. The molecule has 0 aliphatic heterocycles. The molecule has 2 heteroatoms. The van der Waals surface area contributed by atoms with Gasteiger partial charge in [-0.3, -0.25) is 0 Å². The maximum absolute atomic E-state index is 5.64. The van der Waals surface area contributed by atoms with Crippen LogP contribution >= 0.6 is 11.3 Å². The van der Waals surface area contributed by atoms with E-state index in [-0.39, 0.29) is 6.10 Å². The zero-order valence-electron chi connectivity index (χ0n) is 16.5. The van der Waals surface area contributed by atoms with Gasteiger partial charge in [0.25, 0.3) is 0 Å². The average molecular weight is 387 g/mol. The lowest BCUT2D eigenvalue weighted by atomic mass is 9.81. The first-order chi connectivity index (χ1) is 13.7. The topological polar surface area (TPSA) is 9.23 Å². The molecular weight excluding hydrogens is 360 g/mol. The van der Waals surface area contributed by atoms with Crippen molar-refractivity contribution in [3.63, 3.8) is 0 Å². The number of thiophene rings is 1. The monoisotopic (exact) mass is 386 g/mol. The van der Waals surface area contributed by atoms with Gasteiger partial charge < -0.3 is 4.74 Å². The summed E-state index contributed by atoms with van der Waals surface area (Å²) < 4.78 is 6.99. The first-order valence-electron chi connectivity index (χ1n) is 9.85. The molecule has 4 rings (SSSR count). The SMILES string of the molecule is C=C\C=C/C=C/C1=C\CC(C)C2=C(C=CC(OC)C2)c2sc3ccccc3c21. The van der Waals surface area contributed by atoms with Gasteiger partial charge in [0.2, 0.25) is 0 Å². The fraction of sp³-hybridized carbons (Fsp3) is 0.231. The number of fused-ring (bicyclic) bond motifs is 4. The number of allylic oxidation sites excluding steroid dienone is 9. The number of benzene rings is 1. The Morgan fingerprint density at radius 3 is 2.86 bits per heavy atom. The van der Waals surface area contributed by atoms with Gasteiger partial charge in [0, 0.05) is 27.6 Å². The van der Waals surface area contributed by atoms with E-state index in [0.717, 1.165) is 12.8 Å². The molecule has 142 valence electrons. The van der Waals surface area contributed by atoms with Gasteiger partial charge in [0.05, 0.1) is 6.10 Å². The van der Waals surface area contributed by atoms with E-state index >= 15 is 0 Å². The quantitative estimate of drug-likeness (QED) is 0.499. The molecular formula is C26H26OS. The van der Waals surface area contributed by atoms with Gasteiger partial charge in [-0.25, -0.2) is 0 Å². The third-order valence-corrected chi connectivity index (χ3v) is 6.80. The van der Waals surface area contributed by atoms with Crippen LogP contribution in [0.1, 0.15) is 30.2 Å². The van der Waals surface area contributed by atoms with Crippen LogP contribution in [-0.4, -0.2) is 13.2 Å². The van der Waals surface area contributed by atoms with E-state index in [2.05, 4.69) is 68.1 Å². The smallest absolute Gasteiger partial charge is 0.0792 e. The first kappa shape index (κ1) is 18.9. The van der Waals surface area contributed by atoms with Crippen molar-refractivity contribution in [2.45, 2.75) is 25.9 Å². The Balaban J connectivity index is 1.92. The molecule has 28 heavy (non-hydrogen) atoms. The highest BCUT2D eigenvalue weighted by atomic mass is 32.1. The largest absolute Gasteiger partial charge is 0.377 e. The van der Waals surface area contributed by atoms with Gasteiger partial charge in [-0.1, -0.05) is 85.9 Å². The summed E-state index contributed by atoms with van der Waals surface area (Å²) in [7, 11) is 1.80. The Morgan fingerprint density at radius 2 is 2.04 bits per heavy atom. The molecule has 0 bridgehead atoms. The second-order valence-electron chi connectivity index (χ2n) is 7.35. The summed E-state index contributed by atoms with van der Waals surface area (Å²) in [6, 6.07) is 8.76. The van der Waals surface area contributed by atoms with E-state index in [0.29, 0.717) is 5.92 Å². The lowest BCUT2D eigenvalue weighted by molar-refractivity contribution is 0.138. The summed E-state index contributed by atoms with van der Waals surface area (Å²) in [5, 5.41) is 1.34. The van der Waals surface area contributed by atoms with E-state index in [9.17, 15) is 0 Å². The Bertz CT molecular complexity index is 1040. The second-order valence-corrected chi connectivity index (χ2v) is 8.41. The average Bonchev–Trinajstić information content (AvgIpc) is 3.10. The molecule has 1 heterocycles. The summed E-state index contributed by atoms with van der Waals surface area (Å²) in [6.45, 7) is 6.09. The van der Waals surface area contributed by atoms with Crippen molar-refractivity contribution in [3.05, 3.63) is 95.5 Å². The number of ether oxygens (including phenoxy) is 1. The fourth-order valence-electron chi connectivity index (χ4n) is 4.08. The van der Waals surface area contributed by atoms with Gasteiger partial charge in [-0.2, -0.15) is 0 Å². The fourth-order valence-corrected chi connectivity index (χ4v) is 5.36. The second kappa shape index (κ2) is 8.30. The molecule has 0 saturated carbocycles. The molecule has 2 aromatic rings. The minimum Gasteiger partial charge on any atom is -0.377 e. The molecule has 2 unspecified atom stereocenters. The maximum atomic E-state index is 5.64. The highest BCUT2D eigenvalue weighted by Gasteiger charge is 2.27. The van der Waals surface area contributed by atoms with E-state index in [1.165, 1.54) is 37.2 Å². The Kier molecular flexibility index (Phi) is 5.61. The minimum atomic E-state index is 0.186. The van der Waals surface area contributed by atoms with Crippen molar-refractivity contribution in [1.82, 2.24) is 0 Å². The van der Waals surface area contributed by atoms with Crippen molar-refractivity contribution < 1.29 is 4.74 Å². The van der Waals surface area contributed by atoms with Gasteiger partial charge in [0.1, 0.15) is 0 Å². The van der Waals surface area contributed by atoms with Crippen molar-refractivity contribution in [1.29, 1.82) is 0 Å². The summed E-state index contributed by atoms with van der Waals surface area (Å²) in [6.07, 6.45) is 19.3. The van der Waals surface area contributed by atoms with E-state index in [1.54, 1.807) is 13.2 Å². The van der Waals surface area contributed by atoms with Crippen LogP contribution in [0.5, 0.6) is 0 Å². The molecule has 2 atom stereocenters. The van der Waals surface area contributed by atoms with Crippen LogP contribution in [0.3, 0.4) is 0 Å². The van der Waals surface area contributed by atoms with Gasteiger partial charge in [-0.15, -0.1) is 11.3 Å².